The maximum atomic E-state index is 13.3. The number of aliphatic hydroxyl groups is 1. The number of alkyl halides is 3. The van der Waals surface area contributed by atoms with Crippen LogP contribution in [0.25, 0.3) is 0 Å². The summed E-state index contributed by atoms with van der Waals surface area (Å²) in [5.41, 5.74) is 0.363. The third kappa shape index (κ3) is 2.59. The number of halogens is 3. The predicted molar refractivity (Wildman–Crippen MR) is 60.5 cm³/mol. The molecule has 18 heavy (non-hydrogen) atoms. The van der Waals surface area contributed by atoms with Crippen molar-refractivity contribution in [2.75, 3.05) is 31.2 Å². The molecule has 0 amide bonds. The van der Waals surface area contributed by atoms with E-state index in [1.807, 2.05) is 4.90 Å². The van der Waals surface area contributed by atoms with Crippen LogP contribution in [0.5, 0.6) is 0 Å². The van der Waals surface area contributed by atoms with Crippen molar-refractivity contribution in [3.05, 3.63) is 29.8 Å². The lowest BCUT2D eigenvalue weighted by Crippen LogP contribution is -2.36. The SMILES string of the molecule is OC(F)(c1ccc(N2CCOCC2)cc1)C(F)F. The molecular formula is C12H14F3NO2. The molecule has 1 N–H and O–H groups in total. The van der Waals surface area contributed by atoms with Gasteiger partial charge in [0, 0.05) is 24.3 Å². The van der Waals surface area contributed by atoms with E-state index in [1.165, 1.54) is 24.3 Å². The standard InChI is InChI=1S/C12H14F3NO2/c13-11(14)12(15,17)9-1-3-10(4-2-9)16-5-7-18-8-6-16/h1-4,11,17H,5-8H2. The fourth-order valence-electron chi connectivity index (χ4n) is 1.85. The van der Waals surface area contributed by atoms with Crippen molar-refractivity contribution in [1.82, 2.24) is 0 Å². The summed E-state index contributed by atoms with van der Waals surface area (Å²) in [6.45, 7) is 2.61. The maximum absolute atomic E-state index is 13.3. The first-order chi connectivity index (χ1) is 8.51. The van der Waals surface area contributed by atoms with Gasteiger partial charge in [-0.15, -0.1) is 0 Å². The highest BCUT2D eigenvalue weighted by molar-refractivity contribution is 5.48. The average molecular weight is 261 g/mol. The molecular weight excluding hydrogens is 247 g/mol. The number of anilines is 1. The zero-order valence-electron chi connectivity index (χ0n) is 9.65. The lowest BCUT2D eigenvalue weighted by Gasteiger charge is -2.29. The van der Waals surface area contributed by atoms with Gasteiger partial charge in [0.2, 0.25) is 0 Å². The summed E-state index contributed by atoms with van der Waals surface area (Å²) < 4.78 is 43.1. The minimum absolute atomic E-state index is 0.436. The summed E-state index contributed by atoms with van der Waals surface area (Å²) in [5, 5.41) is 9.01. The molecule has 1 fully saturated rings. The molecule has 0 aromatic heterocycles. The molecule has 0 radical (unpaired) electrons. The number of ether oxygens (including phenoxy) is 1. The highest BCUT2D eigenvalue weighted by atomic mass is 19.3. The van der Waals surface area contributed by atoms with Crippen LogP contribution in [0.1, 0.15) is 5.56 Å². The third-order valence-electron chi connectivity index (χ3n) is 2.94. The number of hydrogen-bond donors (Lipinski definition) is 1. The molecule has 0 saturated carbocycles. The van der Waals surface area contributed by atoms with Gasteiger partial charge in [0.25, 0.3) is 5.85 Å². The maximum Gasteiger partial charge on any atom is 0.300 e. The van der Waals surface area contributed by atoms with Crippen molar-refractivity contribution >= 4 is 5.69 Å². The van der Waals surface area contributed by atoms with Crippen LogP contribution in [-0.2, 0) is 10.6 Å². The minimum atomic E-state index is -3.59. The third-order valence-corrected chi connectivity index (χ3v) is 2.94. The number of nitrogens with zero attached hydrogens (tertiary/aromatic N) is 1. The number of rotatable bonds is 3. The molecule has 1 heterocycles. The van der Waals surface area contributed by atoms with Gasteiger partial charge >= 0.3 is 6.43 Å². The largest absolute Gasteiger partial charge is 0.378 e. The van der Waals surface area contributed by atoms with Crippen molar-refractivity contribution in [2.24, 2.45) is 0 Å². The van der Waals surface area contributed by atoms with Crippen molar-refractivity contribution in [3.63, 3.8) is 0 Å². The molecule has 0 bridgehead atoms. The van der Waals surface area contributed by atoms with Gasteiger partial charge in [-0.05, 0) is 12.1 Å². The Bertz CT molecular complexity index is 389. The van der Waals surface area contributed by atoms with E-state index in [1.54, 1.807) is 0 Å². The summed E-state index contributed by atoms with van der Waals surface area (Å²) in [6, 6.07) is 5.40. The predicted octanol–water partition coefficient (Wildman–Crippen LogP) is 1.90. The minimum Gasteiger partial charge on any atom is -0.378 e. The van der Waals surface area contributed by atoms with Crippen LogP contribution in [0.4, 0.5) is 18.9 Å². The average Bonchev–Trinajstić information content (AvgIpc) is 2.40. The van der Waals surface area contributed by atoms with E-state index < -0.39 is 17.8 Å². The number of hydrogen-bond acceptors (Lipinski definition) is 3. The summed E-state index contributed by atoms with van der Waals surface area (Å²) in [6.07, 6.45) is -3.47. The summed E-state index contributed by atoms with van der Waals surface area (Å²) in [5.74, 6) is -3.59. The second kappa shape index (κ2) is 5.16. The Labute approximate surface area is 103 Å². The van der Waals surface area contributed by atoms with Crippen LogP contribution >= 0.6 is 0 Å². The van der Waals surface area contributed by atoms with Gasteiger partial charge < -0.3 is 14.7 Å². The molecule has 1 aromatic rings. The van der Waals surface area contributed by atoms with Crippen LogP contribution in [0.3, 0.4) is 0 Å². The Balaban J connectivity index is 2.14. The molecule has 1 aliphatic heterocycles. The Morgan fingerprint density at radius 3 is 2.22 bits per heavy atom. The van der Waals surface area contributed by atoms with E-state index in [0.29, 0.717) is 26.3 Å². The second-order valence-corrected chi connectivity index (χ2v) is 4.12. The normalized spacial score (nSPS) is 19.9. The van der Waals surface area contributed by atoms with Crippen molar-refractivity contribution in [3.8, 4) is 0 Å². The topological polar surface area (TPSA) is 32.7 Å². The monoisotopic (exact) mass is 261 g/mol. The van der Waals surface area contributed by atoms with Crippen molar-refractivity contribution in [1.29, 1.82) is 0 Å². The van der Waals surface area contributed by atoms with E-state index >= 15 is 0 Å². The first-order valence-electron chi connectivity index (χ1n) is 5.64. The first-order valence-corrected chi connectivity index (χ1v) is 5.64. The Morgan fingerprint density at radius 1 is 1.17 bits per heavy atom. The molecule has 1 aromatic carbocycles. The zero-order chi connectivity index (χ0) is 13.2. The smallest absolute Gasteiger partial charge is 0.300 e. The van der Waals surface area contributed by atoms with Crippen LogP contribution in [0, 0.1) is 0 Å². The van der Waals surface area contributed by atoms with Crippen molar-refractivity contribution < 1.29 is 23.0 Å². The highest BCUT2D eigenvalue weighted by Gasteiger charge is 2.39. The van der Waals surface area contributed by atoms with E-state index in [0.717, 1.165) is 5.69 Å². The van der Waals surface area contributed by atoms with E-state index in [4.69, 9.17) is 9.84 Å². The van der Waals surface area contributed by atoms with Crippen LogP contribution in [0.2, 0.25) is 0 Å². The lowest BCUT2D eigenvalue weighted by molar-refractivity contribution is -0.194. The van der Waals surface area contributed by atoms with Gasteiger partial charge in [0.15, 0.2) is 0 Å². The Hall–Kier alpha value is -1.27. The van der Waals surface area contributed by atoms with Crippen LogP contribution < -0.4 is 4.90 Å². The van der Waals surface area contributed by atoms with Crippen LogP contribution in [-0.4, -0.2) is 37.8 Å². The molecule has 1 unspecified atom stereocenters. The quantitative estimate of drug-likeness (QED) is 0.902. The zero-order valence-corrected chi connectivity index (χ0v) is 9.65. The molecule has 1 atom stereocenters. The van der Waals surface area contributed by atoms with Gasteiger partial charge in [-0.25, -0.2) is 13.2 Å². The highest BCUT2D eigenvalue weighted by Crippen LogP contribution is 2.31. The summed E-state index contributed by atoms with van der Waals surface area (Å²) >= 11 is 0. The van der Waals surface area contributed by atoms with Gasteiger partial charge in [-0.3, -0.25) is 0 Å². The molecule has 6 heteroatoms. The van der Waals surface area contributed by atoms with E-state index in [-0.39, 0.29) is 0 Å². The summed E-state index contributed by atoms with van der Waals surface area (Å²) in [4.78, 5) is 2.01. The van der Waals surface area contributed by atoms with Gasteiger partial charge in [-0.1, -0.05) is 12.1 Å². The summed E-state index contributed by atoms with van der Waals surface area (Å²) in [7, 11) is 0. The van der Waals surface area contributed by atoms with E-state index in [2.05, 4.69) is 0 Å². The Morgan fingerprint density at radius 2 is 1.72 bits per heavy atom. The second-order valence-electron chi connectivity index (χ2n) is 4.12. The lowest BCUT2D eigenvalue weighted by atomic mass is 10.1. The molecule has 1 aliphatic rings. The van der Waals surface area contributed by atoms with Crippen LogP contribution in [0.15, 0.2) is 24.3 Å². The fraction of sp³-hybridized carbons (Fsp3) is 0.500. The Kier molecular flexibility index (Phi) is 3.77. The van der Waals surface area contributed by atoms with Gasteiger partial charge in [-0.2, -0.15) is 0 Å². The molecule has 100 valence electrons. The van der Waals surface area contributed by atoms with E-state index in [9.17, 15) is 13.2 Å². The molecule has 2 rings (SSSR count). The molecule has 0 aliphatic carbocycles. The number of morpholine rings is 1. The molecule has 0 spiro atoms. The first kappa shape index (κ1) is 13.2. The molecule has 1 saturated heterocycles. The number of benzene rings is 1. The fourth-order valence-corrected chi connectivity index (χ4v) is 1.85. The van der Waals surface area contributed by atoms with Gasteiger partial charge in [0.1, 0.15) is 0 Å². The van der Waals surface area contributed by atoms with Gasteiger partial charge in [0.05, 0.1) is 13.2 Å². The molecule has 3 nitrogen and oxygen atoms in total. The van der Waals surface area contributed by atoms with Crippen molar-refractivity contribution in [2.45, 2.75) is 12.3 Å².